The molecule has 23 heavy (non-hydrogen) atoms. The van der Waals surface area contributed by atoms with Gasteiger partial charge in [0.25, 0.3) is 5.56 Å². The topological polar surface area (TPSA) is 87.2 Å². The number of piperidine rings is 2. The van der Waals surface area contributed by atoms with Crippen LogP contribution < -0.4 is 16.6 Å². The van der Waals surface area contributed by atoms with Crippen LogP contribution in [0.15, 0.2) is 33.9 Å². The van der Waals surface area contributed by atoms with Crippen molar-refractivity contribution in [2.45, 2.75) is 31.5 Å². The highest BCUT2D eigenvalue weighted by Gasteiger charge is 2.36. The molecule has 7 nitrogen and oxygen atoms in total. The summed E-state index contributed by atoms with van der Waals surface area (Å²) in [5.74, 6) is -0.163. The third-order valence-corrected chi connectivity index (χ3v) is 4.85. The van der Waals surface area contributed by atoms with Gasteiger partial charge in [-0.15, -0.1) is 0 Å². The van der Waals surface area contributed by atoms with Crippen molar-refractivity contribution in [2.75, 3.05) is 13.1 Å². The average Bonchev–Trinajstić information content (AvgIpc) is 2.59. The summed E-state index contributed by atoms with van der Waals surface area (Å²) in [6.45, 7) is 1.24. The normalized spacial score (nSPS) is 23.4. The number of benzene rings is 1. The summed E-state index contributed by atoms with van der Waals surface area (Å²) >= 11 is 0. The second kappa shape index (κ2) is 5.34. The number of para-hydroxylation sites is 1. The summed E-state index contributed by atoms with van der Waals surface area (Å²) in [7, 11) is 0. The molecule has 2 atom stereocenters. The molecule has 1 aromatic heterocycles. The number of nitrogens with one attached hydrogen (secondary N) is 2. The van der Waals surface area contributed by atoms with E-state index >= 15 is 0 Å². The smallest absolute Gasteiger partial charge is 0.329 e. The summed E-state index contributed by atoms with van der Waals surface area (Å²) in [6.07, 6.45) is 2.05. The van der Waals surface area contributed by atoms with E-state index in [0.717, 1.165) is 24.0 Å². The molecule has 2 aromatic rings. The molecule has 0 radical (unpaired) electrons. The van der Waals surface area contributed by atoms with Crippen LogP contribution in [0.25, 0.3) is 10.9 Å². The van der Waals surface area contributed by atoms with Crippen LogP contribution in [0.2, 0.25) is 0 Å². The van der Waals surface area contributed by atoms with Crippen molar-refractivity contribution in [3.63, 3.8) is 0 Å². The Morgan fingerprint density at radius 3 is 2.74 bits per heavy atom. The van der Waals surface area contributed by atoms with Crippen LogP contribution >= 0.6 is 0 Å². The lowest BCUT2D eigenvalue weighted by Crippen LogP contribution is -2.63. The van der Waals surface area contributed by atoms with E-state index in [9.17, 15) is 14.4 Å². The summed E-state index contributed by atoms with van der Waals surface area (Å²) in [4.78, 5) is 41.7. The van der Waals surface area contributed by atoms with Crippen LogP contribution in [0.3, 0.4) is 0 Å². The fourth-order valence-electron chi connectivity index (χ4n) is 3.58. The van der Waals surface area contributed by atoms with Gasteiger partial charge in [0.2, 0.25) is 5.91 Å². The fourth-order valence-corrected chi connectivity index (χ4v) is 3.58. The van der Waals surface area contributed by atoms with E-state index in [4.69, 9.17) is 0 Å². The largest absolute Gasteiger partial charge is 0.335 e. The Balaban J connectivity index is 1.66. The molecule has 1 amide bonds. The Kier molecular flexibility index (Phi) is 3.30. The molecule has 120 valence electrons. The lowest BCUT2D eigenvalue weighted by Gasteiger charge is -2.45. The second-order valence-corrected chi connectivity index (χ2v) is 6.25. The molecule has 3 saturated heterocycles. The standard InChI is InChI=1S/C16H18N4O3/c21-14(19-8-10-5-6-11(19)7-17-10)9-20-15(22)12-3-1-2-4-13(12)18-16(20)23/h1-4,10-11,17H,5-9H2,(H,18,23). The van der Waals surface area contributed by atoms with Gasteiger partial charge in [0.05, 0.1) is 10.9 Å². The van der Waals surface area contributed by atoms with Crippen LogP contribution in [0.5, 0.6) is 0 Å². The van der Waals surface area contributed by atoms with Crippen molar-refractivity contribution in [2.24, 2.45) is 0 Å². The zero-order chi connectivity index (χ0) is 16.0. The maximum Gasteiger partial charge on any atom is 0.329 e. The lowest BCUT2D eigenvalue weighted by molar-refractivity contribution is -0.138. The van der Waals surface area contributed by atoms with Crippen LogP contribution in [-0.2, 0) is 11.3 Å². The molecular weight excluding hydrogens is 296 g/mol. The minimum absolute atomic E-state index is 0.163. The van der Waals surface area contributed by atoms with Gasteiger partial charge in [-0.3, -0.25) is 14.2 Å². The van der Waals surface area contributed by atoms with Crippen LogP contribution in [0, 0.1) is 0 Å². The number of hydrogen-bond acceptors (Lipinski definition) is 4. The molecule has 4 heterocycles. The molecule has 1 aromatic carbocycles. The molecule has 3 aliphatic rings. The van der Waals surface area contributed by atoms with Crippen molar-refractivity contribution in [3.8, 4) is 0 Å². The van der Waals surface area contributed by atoms with Crippen LogP contribution in [0.4, 0.5) is 0 Å². The highest BCUT2D eigenvalue weighted by molar-refractivity contribution is 5.79. The SMILES string of the molecule is O=C(Cn1c(=O)[nH]c2ccccc2c1=O)N1CC2CCC1CN2. The van der Waals surface area contributed by atoms with Gasteiger partial charge in [-0.25, -0.2) is 4.79 Å². The summed E-state index contributed by atoms with van der Waals surface area (Å²) in [5, 5.41) is 3.80. The van der Waals surface area contributed by atoms with E-state index in [-0.39, 0.29) is 18.5 Å². The van der Waals surface area contributed by atoms with Crippen molar-refractivity contribution >= 4 is 16.8 Å². The molecule has 0 spiro atoms. The average molecular weight is 314 g/mol. The van der Waals surface area contributed by atoms with Gasteiger partial charge in [-0.1, -0.05) is 12.1 Å². The Morgan fingerprint density at radius 2 is 2.04 bits per heavy atom. The Hall–Kier alpha value is -2.41. The summed E-state index contributed by atoms with van der Waals surface area (Å²) < 4.78 is 1.00. The maximum atomic E-state index is 12.6. The van der Waals surface area contributed by atoms with Crippen molar-refractivity contribution < 1.29 is 4.79 Å². The summed E-state index contributed by atoms with van der Waals surface area (Å²) in [5.41, 5.74) is -0.465. The van der Waals surface area contributed by atoms with Gasteiger partial charge in [-0.2, -0.15) is 0 Å². The molecule has 3 aliphatic heterocycles. The van der Waals surface area contributed by atoms with E-state index in [2.05, 4.69) is 10.3 Å². The van der Waals surface area contributed by atoms with E-state index in [0.29, 0.717) is 23.5 Å². The Morgan fingerprint density at radius 1 is 1.22 bits per heavy atom. The molecule has 0 saturated carbocycles. The third kappa shape index (κ3) is 2.37. The van der Waals surface area contributed by atoms with Crippen molar-refractivity contribution in [1.82, 2.24) is 19.8 Å². The van der Waals surface area contributed by atoms with Gasteiger partial charge in [-0.05, 0) is 25.0 Å². The number of carbonyl (C=O) groups is 1. The minimum atomic E-state index is -0.539. The van der Waals surface area contributed by atoms with E-state index < -0.39 is 11.2 Å². The molecule has 3 fully saturated rings. The Labute approximate surface area is 131 Å². The van der Waals surface area contributed by atoms with E-state index in [1.807, 2.05) is 4.90 Å². The number of fused-ring (bicyclic) bond motifs is 4. The minimum Gasteiger partial charge on any atom is -0.335 e. The maximum absolute atomic E-state index is 12.6. The molecule has 2 bridgehead atoms. The number of hydrogen-bond donors (Lipinski definition) is 2. The first kappa shape index (κ1) is 14.2. The van der Waals surface area contributed by atoms with Gasteiger partial charge in [0.15, 0.2) is 0 Å². The number of rotatable bonds is 2. The number of amides is 1. The number of aromatic amines is 1. The number of carbonyl (C=O) groups excluding carboxylic acids is 1. The van der Waals surface area contributed by atoms with E-state index in [1.54, 1.807) is 24.3 Å². The molecule has 0 aliphatic carbocycles. The predicted octanol–water partition coefficient (Wildman–Crippen LogP) is -0.347. The van der Waals surface area contributed by atoms with Crippen molar-refractivity contribution in [1.29, 1.82) is 0 Å². The molecule has 2 N–H and O–H groups in total. The molecular formula is C16H18N4O3. The number of piperazine rings is 1. The lowest BCUT2D eigenvalue weighted by atomic mass is 9.93. The fraction of sp³-hybridized carbons (Fsp3) is 0.438. The second-order valence-electron chi connectivity index (χ2n) is 6.25. The first-order valence-electron chi connectivity index (χ1n) is 7.88. The highest BCUT2D eigenvalue weighted by Crippen LogP contribution is 2.22. The van der Waals surface area contributed by atoms with Gasteiger partial charge in [0.1, 0.15) is 6.54 Å². The van der Waals surface area contributed by atoms with Gasteiger partial charge >= 0.3 is 5.69 Å². The van der Waals surface area contributed by atoms with E-state index in [1.165, 1.54) is 0 Å². The Bertz CT molecular complexity index is 877. The first-order valence-corrected chi connectivity index (χ1v) is 7.88. The molecule has 5 rings (SSSR count). The van der Waals surface area contributed by atoms with Crippen LogP contribution in [-0.4, -0.2) is 45.5 Å². The van der Waals surface area contributed by atoms with Crippen molar-refractivity contribution in [3.05, 3.63) is 45.1 Å². The highest BCUT2D eigenvalue weighted by atomic mass is 16.2. The predicted molar refractivity (Wildman–Crippen MR) is 85.4 cm³/mol. The monoisotopic (exact) mass is 314 g/mol. The number of aromatic nitrogens is 2. The number of nitrogens with zero attached hydrogens (tertiary/aromatic N) is 2. The third-order valence-electron chi connectivity index (χ3n) is 4.85. The van der Waals surface area contributed by atoms with Gasteiger partial charge < -0.3 is 15.2 Å². The van der Waals surface area contributed by atoms with Gasteiger partial charge in [0, 0.05) is 25.2 Å². The molecule has 2 unspecified atom stereocenters. The van der Waals surface area contributed by atoms with Crippen LogP contribution in [0.1, 0.15) is 12.8 Å². The zero-order valence-corrected chi connectivity index (χ0v) is 12.6. The zero-order valence-electron chi connectivity index (χ0n) is 12.6. The summed E-state index contributed by atoms with van der Waals surface area (Å²) in [6, 6.07) is 7.33. The first-order chi connectivity index (χ1) is 11.1. The quantitative estimate of drug-likeness (QED) is 0.793. The molecule has 7 heteroatoms. The number of H-pyrrole nitrogens is 1.